The molecule has 2 N–H and O–H groups in total. The molecule has 0 atom stereocenters. The van der Waals surface area contributed by atoms with Gasteiger partial charge in [-0.25, -0.2) is 4.59 Å². The predicted molar refractivity (Wildman–Crippen MR) is 50.9 cm³/mol. The van der Waals surface area contributed by atoms with Gasteiger partial charge >= 0.3 is 7.25 Å². The van der Waals surface area contributed by atoms with Gasteiger partial charge in [-0.1, -0.05) is 0 Å². The van der Waals surface area contributed by atoms with Crippen molar-refractivity contribution in [3.63, 3.8) is 0 Å². The van der Waals surface area contributed by atoms with Crippen molar-refractivity contribution in [2.45, 2.75) is 0 Å². The van der Waals surface area contributed by atoms with Crippen LogP contribution in [0.4, 0.5) is 0 Å². The first-order valence-electron chi connectivity index (χ1n) is 2.49. The van der Waals surface area contributed by atoms with Crippen LogP contribution < -0.4 is 0 Å². The quantitative estimate of drug-likeness (QED) is 0.677. The Morgan fingerprint density at radius 2 is 1.75 bits per heavy atom. The van der Waals surface area contributed by atoms with Crippen molar-refractivity contribution < 1.29 is 27.1 Å². The Morgan fingerprint density at radius 3 is 1.92 bits per heavy atom. The summed E-state index contributed by atoms with van der Waals surface area (Å²) >= 11 is 9.38. The molecule has 0 amide bonds. The molecule has 0 aromatic carbocycles. The van der Waals surface area contributed by atoms with Crippen molar-refractivity contribution >= 4 is 55.0 Å². The molecular weight excluding hydrogens is 410 g/mol. The van der Waals surface area contributed by atoms with Gasteiger partial charge in [0.05, 0.1) is 4.47 Å². The first-order valence-corrected chi connectivity index (χ1v) is 4.87. The van der Waals surface area contributed by atoms with Crippen molar-refractivity contribution in [3.05, 3.63) is 13.7 Å². The van der Waals surface area contributed by atoms with E-state index in [4.69, 9.17) is 10.0 Å². The van der Waals surface area contributed by atoms with E-state index >= 15 is 0 Å². The average Bonchev–Trinajstić information content (AvgIpc) is 2.17. The van der Waals surface area contributed by atoms with Crippen molar-refractivity contribution in [2.75, 3.05) is 0 Å². The fourth-order valence-electron chi connectivity index (χ4n) is 0.521. The van der Waals surface area contributed by atoms with Crippen LogP contribution in [0, 0.1) is 0 Å². The number of rotatable bonds is 1. The summed E-state index contributed by atoms with van der Waals surface area (Å²) in [5.41, 5.74) is 0. The normalized spacial score (nSPS) is 9.42. The van der Waals surface area contributed by atoms with Gasteiger partial charge in [-0.2, -0.15) is 5.10 Å². The molecule has 0 fully saturated rings. The summed E-state index contributed by atoms with van der Waals surface area (Å²) in [6.07, 6.45) is 0. The van der Waals surface area contributed by atoms with E-state index in [-0.39, 0.29) is 17.1 Å². The summed E-state index contributed by atoms with van der Waals surface area (Å²) in [4.78, 5) is 0. The summed E-state index contributed by atoms with van der Waals surface area (Å²) < 4.78 is 2.64. The van der Waals surface area contributed by atoms with E-state index in [0.29, 0.717) is 13.7 Å². The standard InChI is InChI=1S/C3H2BBr3N2O2.Cu/c5-1-2(6)8-9(3(1)7)4(10)11;/h10-11H;. The van der Waals surface area contributed by atoms with Crippen LogP contribution in [-0.2, 0) is 17.1 Å². The van der Waals surface area contributed by atoms with Gasteiger partial charge in [-0.15, -0.1) is 0 Å². The molecule has 0 aliphatic carbocycles. The molecule has 71 valence electrons. The predicted octanol–water partition coefficient (Wildman–Crippen LogP) is 0.986. The molecule has 1 radical (unpaired) electrons. The third-order valence-corrected chi connectivity index (χ3v) is 4.11. The van der Waals surface area contributed by atoms with Crippen molar-refractivity contribution in [2.24, 2.45) is 0 Å². The first kappa shape index (κ1) is 13.2. The molecule has 9 heteroatoms. The molecule has 0 unspecified atom stereocenters. The molecule has 1 heterocycles. The minimum atomic E-state index is -1.63. The van der Waals surface area contributed by atoms with Crippen LogP contribution >= 0.6 is 47.8 Å². The fraction of sp³-hybridized carbons (Fsp3) is 0. The Morgan fingerprint density at radius 1 is 1.25 bits per heavy atom. The maximum atomic E-state index is 8.73. The zero-order chi connectivity index (χ0) is 8.59. The van der Waals surface area contributed by atoms with E-state index in [1.54, 1.807) is 0 Å². The van der Waals surface area contributed by atoms with Gasteiger partial charge in [0.1, 0.15) is 9.21 Å². The van der Waals surface area contributed by atoms with Crippen LogP contribution in [0.25, 0.3) is 0 Å². The Balaban J connectivity index is 0.00000121. The molecule has 0 saturated carbocycles. The van der Waals surface area contributed by atoms with Gasteiger partial charge in [0.25, 0.3) is 0 Å². The summed E-state index contributed by atoms with van der Waals surface area (Å²) in [6.45, 7) is 0. The number of aromatic nitrogens is 2. The molecule has 1 aromatic rings. The fourth-order valence-corrected chi connectivity index (χ4v) is 1.86. The van der Waals surface area contributed by atoms with E-state index < -0.39 is 7.25 Å². The molecule has 0 aliphatic heterocycles. The van der Waals surface area contributed by atoms with E-state index in [0.717, 1.165) is 4.59 Å². The molecule has 4 nitrogen and oxygen atoms in total. The van der Waals surface area contributed by atoms with Gasteiger partial charge in [0, 0.05) is 17.1 Å². The van der Waals surface area contributed by atoms with Gasteiger partial charge in [0.15, 0.2) is 0 Å². The molecular formula is C3H2BBr3CuN2O2. The van der Waals surface area contributed by atoms with Gasteiger partial charge < -0.3 is 10.0 Å². The smallest absolute Gasteiger partial charge is 0.407 e. The average molecular weight is 412 g/mol. The van der Waals surface area contributed by atoms with E-state index in [9.17, 15) is 0 Å². The zero-order valence-electron chi connectivity index (χ0n) is 5.30. The van der Waals surface area contributed by atoms with Crippen LogP contribution in [-0.4, -0.2) is 27.0 Å². The van der Waals surface area contributed by atoms with Crippen LogP contribution in [0.1, 0.15) is 0 Å². The van der Waals surface area contributed by atoms with Crippen LogP contribution in [0.15, 0.2) is 13.7 Å². The number of hydrogen-bond donors (Lipinski definition) is 2. The summed E-state index contributed by atoms with van der Waals surface area (Å²) in [5, 5.41) is 21.2. The third kappa shape index (κ3) is 2.57. The second-order valence-corrected chi connectivity index (χ2v) is 3.98. The molecule has 0 saturated heterocycles. The van der Waals surface area contributed by atoms with Crippen LogP contribution in [0.2, 0.25) is 0 Å². The Hall–Kier alpha value is 1.15. The van der Waals surface area contributed by atoms with Crippen molar-refractivity contribution in [1.82, 2.24) is 9.69 Å². The Kier molecular flexibility index (Phi) is 5.63. The van der Waals surface area contributed by atoms with Crippen molar-refractivity contribution in [3.8, 4) is 0 Å². The van der Waals surface area contributed by atoms with Gasteiger partial charge in [-0.3, -0.25) is 0 Å². The van der Waals surface area contributed by atoms with Crippen LogP contribution in [0.3, 0.4) is 0 Å². The monoisotopic (exact) mass is 409 g/mol. The van der Waals surface area contributed by atoms with Gasteiger partial charge in [-0.05, 0) is 47.8 Å². The molecule has 0 bridgehead atoms. The minimum Gasteiger partial charge on any atom is -0.407 e. The molecule has 12 heavy (non-hydrogen) atoms. The second-order valence-electron chi connectivity index (χ2n) is 1.69. The second kappa shape index (κ2) is 5.14. The number of halogens is 3. The summed E-state index contributed by atoms with van der Waals surface area (Å²) in [6, 6.07) is 0. The SMILES string of the molecule is OB(O)n1nc(Br)c(Br)c1Br.[Cu]. The third-order valence-electron chi connectivity index (χ3n) is 0.978. The minimum absolute atomic E-state index is 0. The maximum Gasteiger partial charge on any atom is 0.610 e. The maximum absolute atomic E-state index is 8.73. The molecule has 1 aromatic heterocycles. The van der Waals surface area contributed by atoms with Crippen molar-refractivity contribution in [1.29, 1.82) is 0 Å². The summed E-state index contributed by atoms with van der Waals surface area (Å²) in [5.74, 6) is 0. The molecule has 0 aliphatic rings. The first-order chi connectivity index (χ1) is 5.04. The topological polar surface area (TPSA) is 58.3 Å². The molecule has 0 spiro atoms. The number of hydrogen-bond acceptors (Lipinski definition) is 3. The van der Waals surface area contributed by atoms with Crippen LogP contribution in [0.5, 0.6) is 0 Å². The van der Waals surface area contributed by atoms with E-state index in [2.05, 4.69) is 52.9 Å². The van der Waals surface area contributed by atoms with E-state index in [1.165, 1.54) is 0 Å². The van der Waals surface area contributed by atoms with Gasteiger partial charge in [0.2, 0.25) is 0 Å². The van der Waals surface area contributed by atoms with E-state index in [1.807, 2.05) is 0 Å². The Bertz CT molecular complexity index is 281. The summed E-state index contributed by atoms with van der Waals surface area (Å²) in [7, 11) is -1.63. The Labute approximate surface area is 105 Å². The zero-order valence-corrected chi connectivity index (χ0v) is 11.0. The molecule has 1 rings (SSSR count). The number of nitrogens with zero attached hydrogens (tertiary/aromatic N) is 2. The largest absolute Gasteiger partial charge is 0.610 e.